The van der Waals surface area contributed by atoms with Crippen molar-refractivity contribution in [2.45, 2.75) is 38.6 Å². The first kappa shape index (κ1) is 12.9. The summed E-state index contributed by atoms with van der Waals surface area (Å²) < 4.78 is 3.04. The number of rotatable bonds is 3. The van der Waals surface area contributed by atoms with Crippen LogP contribution in [-0.4, -0.2) is 39.1 Å². The number of piperidine rings is 1. The number of fused-ring (bicyclic) bond motifs is 1. The molecule has 104 valence electrons. The molecule has 0 aromatic carbocycles. The van der Waals surface area contributed by atoms with Gasteiger partial charge in [0.05, 0.1) is 10.4 Å². The fraction of sp³-hybridized carbons (Fsp3) is 0.692. The molecule has 3 heterocycles. The highest BCUT2D eigenvalue weighted by Gasteiger charge is 2.25. The van der Waals surface area contributed by atoms with E-state index >= 15 is 0 Å². The van der Waals surface area contributed by atoms with Crippen LogP contribution in [0.2, 0.25) is 0 Å². The van der Waals surface area contributed by atoms with Crippen LogP contribution in [0.3, 0.4) is 0 Å². The summed E-state index contributed by atoms with van der Waals surface area (Å²) in [5.74, 6) is 0. The molecule has 1 aliphatic rings. The SMILES string of the molecule is Cc1nn(C)c2nc(N3CCCCC3CCO)sc12. The van der Waals surface area contributed by atoms with Gasteiger partial charge in [0.15, 0.2) is 10.8 Å². The molecule has 1 saturated heterocycles. The molecule has 2 aromatic rings. The molecule has 6 heteroatoms. The number of hydrogen-bond acceptors (Lipinski definition) is 5. The molecule has 1 unspecified atom stereocenters. The van der Waals surface area contributed by atoms with E-state index in [1.54, 1.807) is 11.3 Å². The lowest BCUT2D eigenvalue weighted by atomic mass is 10.0. The minimum Gasteiger partial charge on any atom is -0.396 e. The maximum atomic E-state index is 9.21. The van der Waals surface area contributed by atoms with Gasteiger partial charge in [0.2, 0.25) is 0 Å². The van der Waals surface area contributed by atoms with Crippen LogP contribution in [0, 0.1) is 6.92 Å². The normalized spacial score (nSPS) is 20.4. The Morgan fingerprint density at radius 3 is 3.00 bits per heavy atom. The van der Waals surface area contributed by atoms with Gasteiger partial charge in [0, 0.05) is 26.2 Å². The van der Waals surface area contributed by atoms with Crippen molar-refractivity contribution in [2.24, 2.45) is 7.05 Å². The highest BCUT2D eigenvalue weighted by Crippen LogP contribution is 2.34. The summed E-state index contributed by atoms with van der Waals surface area (Å²) in [5, 5.41) is 14.7. The monoisotopic (exact) mass is 280 g/mol. The van der Waals surface area contributed by atoms with E-state index in [0.717, 1.165) is 35.9 Å². The zero-order valence-corrected chi connectivity index (χ0v) is 12.3. The maximum absolute atomic E-state index is 9.21. The Bertz CT molecular complexity index is 540. The molecule has 0 bridgehead atoms. The summed E-state index contributed by atoms with van der Waals surface area (Å²) >= 11 is 1.73. The van der Waals surface area contributed by atoms with Gasteiger partial charge in [-0.2, -0.15) is 5.10 Å². The second-order valence-electron chi connectivity index (χ2n) is 5.21. The van der Waals surface area contributed by atoms with Crippen LogP contribution in [0.4, 0.5) is 5.13 Å². The molecule has 1 fully saturated rings. The Kier molecular flexibility index (Phi) is 3.45. The molecule has 0 radical (unpaired) electrons. The van der Waals surface area contributed by atoms with Gasteiger partial charge in [0.1, 0.15) is 0 Å². The van der Waals surface area contributed by atoms with Crippen molar-refractivity contribution >= 4 is 26.8 Å². The Morgan fingerprint density at radius 1 is 1.42 bits per heavy atom. The molecule has 3 rings (SSSR count). The molecule has 1 N–H and O–H groups in total. The summed E-state index contributed by atoms with van der Waals surface area (Å²) in [6.45, 7) is 3.34. The average molecular weight is 280 g/mol. The lowest BCUT2D eigenvalue weighted by molar-refractivity contribution is 0.262. The zero-order valence-electron chi connectivity index (χ0n) is 11.5. The molecule has 0 aliphatic carbocycles. The Labute approximate surface area is 116 Å². The number of hydrogen-bond donors (Lipinski definition) is 1. The lowest BCUT2D eigenvalue weighted by Gasteiger charge is -2.35. The summed E-state index contributed by atoms with van der Waals surface area (Å²) in [5.41, 5.74) is 2.03. The third-order valence-electron chi connectivity index (χ3n) is 3.87. The van der Waals surface area contributed by atoms with Gasteiger partial charge >= 0.3 is 0 Å². The summed E-state index contributed by atoms with van der Waals surface area (Å²) in [6, 6.07) is 0.438. The minimum absolute atomic E-state index is 0.257. The topological polar surface area (TPSA) is 54.2 Å². The number of nitrogens with zero attached hydrogens (tertiary/aromatic N) is 4. The predicted molar refractivity (Wildman–Crippen MR) is 77.8 cm³/mol. The van der Waals surface area contributed by atoms with Gasteiger partial charge in [-0.25, -0.2) is 9.67 Å². The number of thiazole rings is 1. The summed E-state index contributed by atoms with van der Waals surface area (Å²) in [6.07, 6.45) is 4.47. The molecule has 1 atom stereocenters. The van der Waals surface area contributed by atoms with Crippen LogP contribution in [0.1, 0.15) is 31.4 Å². The van der Waals surface area contributed by atoms with Crippen molar-refractivity contribution in [1.29, 1.82) is 0 Å². The fourth-order valence-corrected chi connectivity index (χ4v) is 4.03. The smallest absolute Gasteiger partial charge is 0.188 e. The van der Waals surface area contributed by atoms with Gasteiger partial charge in [0.25, 0.3) is 0 Å². The number of aryl methyl sites for hydroxylation is 2. The van der Waals surface area contributed by atoms with Crippen molar-refractivity contribution in [3.8, 4) is 0 Å². The number of aromatic nitrogens is 3. The van der Waals surface area contributed by atoms with Crippen LogP contribution >= 0.6 is 11.3 Å². The molecule has 1 aliphatic heterocycles. The molecule has 2 aromatic heterocycles. The van der Waals surface area contributed by atoms with Crippen LogP contribution in [-0.2, 0) is 7.05 Å². The van der Waals surface area contributed by atoms with Crippen LogP contribution in [0.15, 0.2) is 0 Å². The van der Waals surface area contributed by atoms with Crippen LogP contribution in [0.5, 0.6) is 0 Å². The Hall–Kier alpha value is -1.14. The number of aliphatic hydroxyl groups excluding tert-OH is 1. The standard InChI is InChI=1S/C13H20N4OS/c1-9-11-12(16(2)15-9)14-13(19-11)17-7-4-3-5-10(17)6-8-18/h10,18H,3-8H2,1-2H3. The Balaban J connectivity index is 1.95. The van der Waals surface area contributed by atoms with Gasteiger partial charge in [-0.1, -0.05) is 11.3 Å². The third-order valence-corrected chi connectivity index (χ3v) is 5.06. The molecule has 0 spiro atoms. The van der Waals surface area contributed by atoms with Crippen molar-refractivity contribution in [2.75, 3.05) is 18.1 Å². The van der Waals surface area contributed by atoms with Gasteiger partial charge in [-0.15, -0.1) is 0 Å². The van der Waals surface area contributed by atoms with E-state index in [-0.39, 0.29) is 6.61 Å². The van der Waals surface area contributed by atoms with E-state index in [4.69, 9.17) is 4.98 Å². The molecular formula is C13H20N4OS. The first-order valence-electron chi connectivity index (χ1n) is 6.88. The molecule has 19 heavy (non-hydrogen) atoms. The third kappa shape index (κ3) is 2.23. The second-order valence-corrected chi connectivity index (χ2v) is 6.19. The molecular weight excluding hydrogens is 260 g/mol. The lowest BCUT2D eigenvalue weighted by Crippen LogP contribution is -2.40. The predicted octanol–water partition coefficient (Wildman–Crippen LogP) is 2.08. The number of aliphatic hydroxyl groups is 1. The zero-order chi connectivity index (χ0) is 13.4. The molecule has 5 nitrogen and oxygen atoms in total. The average Bonchev–Trinajstić information content (AvgIpc) is 2.94. The summed E-state index contributed by atoms with van der Waals surface area (Å²) in [4.78, 5) is 7.13. The fourth-order valence-electron chi connectivity index (χ4n) is 2.90. The van der Waals surface area contributed by atoms with Crippen molar-refractivity contribution in [3.05, 3.63) is 5.69 Å². The van der Waals surface area contributed by atoms with Gasteiger partial charge in [-0.3, -0.25) is 0 Å². The highest BCUT2D eigenvalue weighted by molar-refractivity contribution is 7.22. The van der Waals surface area contributed by atoms with Crippen molar-refractivity contribution < 1.29 is 5.11 Å². The van der Waals surface area contributed by atoms with Crippen LogP contribution < -0.4 is 4.90 Å². The van der Waals surface area contributed by atoms with Gasteiger partial charge < -0.3 is 10.0 Å². The van der Waals surface area contributed by atoms with Crippen molar-refractivity contribution in [3.63, 3.8) is 0 Å². The van der Waals surface area contributed by atoms with E-state index in [2.05, 4.69) is 10.00 Å². The van der Waals surface area contributed by atoms with Crippen molar-refractivity contribution in [1.82, 2.24) is 14.8 Å². The second kappa shape index (κ2) is 5.09. The minimum atomic E-state index is 0.257. The summed E-state index contributed by atoms with van der Waals surface area (Å²) in [7, 11) is 1.94. The molecule has 0 amide bonds. The quantitative estimate of drug-likeness (QED) is 0.935. The first-order chi connectivity index (χ1) is 9.20. The largest absolute Gasteiger partial charge is 0.396 e. The van der Waals surface area contributed by atoms with Gasteiger partial charge in [-0.05, 0) is 32.6 Å². The van der Waals surface area contributed by atoms with E-state index in [0.29, 0.717) is 6.04 Å². The highest BCUT2D eigenvalue weighted by atomic mass is 32.1. The van der Waals surface area contributed by atoms with Crippen LogP contribution in [0.25, 0.3) is 10.3 Å². The molecule has 0 saturated carbocycles. The van der Waals surface area contributed by atoms with E-state index in [9.17, 15) is 5.11 Å². The van der Waals surface area contributed by atoms with E-state index in [1.807, 2.05) is 18.7 Å². The van der Waals surface area contributed by atoms with E-state index < -0.39 is 0 Å². The maximum Gasteiger partial charge on any atom is 0.188 e. The number of anilines is 1. The van der Waals surface area contributed by atoms with E-state index in [1.165, 1.54) is 17.5 Å². The first-order valence-corrected chi connectivity index (χ1v) is 7.70. The Morgan fingerprint density at radius 2 is 2.26 bits per heavy atom.